The number of aromatic nitrogens is 2. The lowest BCUT2D eigenvalue weighted by Crippen LogP contribution is -2.08. The van der Waals surface area contributed by atoms with Crippen molar-refractivity contribution < 1.29 is 4.74 Å². The van der Waals surface area contributed by atoms with E-state index in [1.165, 1.54) is 12.8 Å². The molecule has 0 aliphatic carbocycles. The van der Waals surface area contributed by atoms with E-state index >= 15 is 0 Å². The van der Waals surface area contributed by atoms with Crippen molar-refractivity contribution in [2.45, 2.75) is 46.1 Å². The molecule has 2 aromatic rings. The van der Waals surface area contributed by atoms with Crippen LogP contribution >= 0.6 is 0 Å². The fourth-order valence-electron chi connectivity index (χ4n) is 2.18. The van der Waals surface area contributed by atoms with E-state index in [4.69, 9.17) is 4.74 Å². The van der Waals surface area contributed by atoms with Crippen molar-refractivity contribution in [2.24, 2.45) is 0 Å². The van der Waals surface area contributed by atoms with Crippen LogP contribution in [0.25, 0.3) is 0 Å². The third-order valence-electron chi connectivity index (χ3n) is 3.27. The van der Waals surface area contributed by atoms with Gasteiger partial charge in [0.25, 0.3) is 0 Å². The molecule has 1 aromatic carbocycles. The fraction of sp³-hybridized carbons (Fsp3) is 0.444. The fourth-order valence-corrected chi connectivity index (χ4v) is 2.18. The van der Waals surface area contributed by atoms with E-state index in [0.717, 1.165) is 36.0 Å². The number of anilines is 3. The average molecular weight is 314 g/mol. The Kier molecular flexibility index (Phi) is 6.66. The molecule has 2 rings (SSSR count). The van der Waals surface area contributed by atoms with Crippen LogP contribution in [-0.2, 0) is 0 Å². The number of ether oxygens (including phenoxy) is 1. The van der Waals surface area contributed by atoms with Crippen molar-refractivity contribution in [3.05, 3.63) is 36.7 Å². The second-order valence-corrected chi connectivity index (χ2v) is 5.71. The first-order valence-electron chi connectivity index (χ1n) is 8.27. The van der Waals surface area contributed by atoms with Crippen molar-refractivity contribution in [3.8, 4) is 5.75 Å². The molecule has 0 spiro atoms. The van der Waals surface area contributed by atoms with E-state index in [0.29, 0.717) is 0 Å². The summed E-state index contributed by atoms with van der Waals surface area (Å²) in [7, 11) is 0. The molecule has 0 fully saturated rings. The standard InChI is InChI=1S/C18H26N4O/c1-4-5-8-11-19-17-12-18(21-13-20-17)22-15-9-6-7-10-16(15)23-14(2)3/h6-7,9-10,12-14H,4-5,8,11H2,1-3H3,(H2,19,20,21,22). The van der Waals surface area contributed by atoms with Crippen LogP contribution in [0.4, 0.5) is 17.3 Å². The van der Waals surface area contributed by atoms with E-state index < -0.39 is 0 Å². The number of para-hydroxylation sites is 2. The van der Waals surface area contributed by atoms with Crippen LogP contribution in [0.1, 0.15) is 40.0 Å². The largest absolute Gasteiger partial charge is 0.489 e. The SMILES string of the molecule is CCCCCNc1cc(Nc2ccccc2OC(C)C)ncn1. The molecule has 0 saturated carbocycles. The van der Waals surface area contributed by atoms with Gasteiger partial charge in [-0.3, -0.25) is 0 Å². The Balaban J connectivity index is 2.03. The Hall–Kier alpha value is -2.30. The van der Waals surface area contributed by atoms with E-state index in [2.05, 4.69) is 27.5 Å². The summed E-state index contributed by atoms with van der Waals surface area (Å²) in [6.07, 6.45) is 5.28. The van der Waals surface area contributed by atoms with Gasteiger partial charge in [-0.05, 0) is 32.4 Å². The zero-order chi connectivity index (χ0) is 16.5. The lowest BCUT2D eigenvalue weighted by molar-refractivity contribution is 0.244. The molecule has 0 radical (unpaired) electrons. The molecule has 5 nitrogen and oxygen atoms in total. The molecular formula is C18H26N4O. The molecule has 0 unspecified atom stereocenters. The van der Waals surface area contributed by atoms with Crippen LogP contribution in [0.5, 0.6) is 5.75 Å². The summed E-state index contributed by atoms with van der Waals surface area (Å²) in [5.41, 5.74) is 0.900. The quantitative estimate of drug-likeness (QED) is 0.662. The highest BCUT2D eigenvalue weighted by molar-refractivity contribution is 5.65. The first-order valence-corrected chi connectivity index (χ1v) is 8.27. The minimum Gasteiger partial charge on any atom is -0.489 e. The summed E-state index contributed by atoms with van der Waals surface area (Å²) in [5.74, 6) is 2.40. The maximum atomic E-state index is 5.82. The summed E-state index contributed by atoms with van der Waals surface area (Å²) >= 11 is 0. The van der Waals surface area contributed by atoms with Crippen LogP contribution in [0.2, 0.25) is 0 Å². The summed E-state index contributed by atoms with van der Waals surface area (Å²) in [4.78, 5) is 8.54. The number of benzene rings is 1. The molecule has 124 valence electrons. The predicted octanol–water partition coefficient (Wildman–Crippen LogP) is 4.61. The summed E-state index contributed by atoms with van der Waals surface area (Å²) in [6.45, 7) is 7.15. The number of nitrogens with zero attached hydrogens (tertiary/aromatic N) is 2. The Morgan fingerprint density at radius 2 is 1.87 bits per heavy atom. The van der Waals surface area contributed by atoms with Crippen molar-refractivity contribution in [1.29, 1.82) is 0 Å². The van der Waals surface area contributed by atoms with Crippen LogP contribution in [0.3, 0.4) is 0 Å². The number of rotatable bonds is 9. The predicted molar refractivity (Wildman–Crippen MR) is 95.5 cm³/mol. The molecule has 0 atom stereocenters. The first kappa shape index (κ1) is 17.1. The monoisotopic (exact) mass is 314 g/mol. The Morgan fingerprint density at radius 3 is 2.65 bits per heavy atom. The minimum atomic E-state index is 0.124. The minimum absolute atomic E-state index is 0.124. The molecule has 1 heterocycles. The van der Waals surface area contributed by atoms with Crippen molar-refractivity contribution in [3.63, 3.8) is 0 Å². The zero-order valence-corrected chi connectivity index (χ0v) is 14.2. The second-order valence-electron chi connectivity index (χ2n) is 5.71. The van der Waals surface area contributed by atoms with Gasteiger partial charge < -0.3 is 15.4 Å². The third kappa shape index (κ3) is 5.77. The Bertz CT molecular complexity index is 601. The van der Waals surface area contributed by atoms with Gasteiger partial charge in [0.05, 0.1) is 11.8 Å². The molecule has 0 amide bonds. The third-order valence-corrected chi connectivity index (χ3v) is 3.27. The van der Waals surface area contributed by atoms with Crippen LogP contribution in [0, 0.1) is 0 Å². The average Bonchev–Trinajstić information content (AvgIpc) is 2.53. The number of hydrogen-bond donors (Lipinski definition) is 2. The highest BCUT2D eigenvalue weighted by Gasteiger charge is 2.06. The van der Waals surface area contributed by atoms with Crippen LogP contribution < -0.4 is 15.4 Å². The van der Waals surface area contributed by atoms with Gasteiger partial charge in [0.15, 0.2) is 0 Å². The van der Waals surface area contributed by atoms with Gasteiger partial charge in [-0.1, -0.05) is 31.9 Å². The molecule has 23 heavy (non-hydrogen) atoms. The zero-order valence-electron chi connectivity index (χ0n) is 14.2. The van der Waals surface area contributed by atoms with Crippen molar-refractivity contribution in [2.75, 3.05) is 17.2 Å². The number of nitrogens with one attached hydrogen (secondary N) is 2. The normalized spacial score (nSPS) is 10.6. The van der Waals surface area contributed by atoms with Crippen molar-refractivity contribution >= 4 is 17.3 Å². The maximum Gasteiger partial charge on any atom is 0.143 e. The highest BCUT2D eigenvalue weighted by atomic mass is 16.5. The summed E-state index contributed by atoms with van der Waals surface area (Å²) < 4.78 is 5.82. The van der Waals surface area contributed by atoms with Gasteiger partial charge in [-0.25, -0.2) is 9.97 Å². The van der Waals surface area contributed by atoms with Gasteiger partial charge in [0, 0.05) is 12.6 Å². The van der Waals surface area contributed by atoms with Crippen LogP contribution in [-0.4, -0.2) is 22.6 Å². The van der Waals surface area contributed by atoms with Gasteiger partial charge in [-0.2, -0.15) is 0 Å². The van der Waals surface area contributed by atoms with Gasteiger partial charge >= 0.3 is 0 Å². The number of hydrogen-bond acceptors (Lipinski definition) is 5. The molecule has 0 bridgehead atoms. The molecule has 0 saturated heterocycles. The summed E-state index contributed by atoms with van der Waals surface area (Å²) in [5, 5.41) is 6.63. The molecule has 0 aliphatic rings. The van der Waals surface area contributed by atoms with E-state index in [1.807, 2.05) is 44.2 Å². The lowest BCUT2D eigenvalue weighted by atomic mass is 10.2. The highest BCUT2D eigenvalue weighted by Crippen LogP contribution is 2.27. The Morgan fingerprint density at radius 1 is 1.09 bits per heavy atom. The first-order chi connectivity index (χ1) is 11.2. The molecule has 0 aliphatic heterocycles. The molecule has 2 N–H and O–H groups in total. The molecule has 1 aromatic heterocycles. The van der Waals surface area contributed by atoms with E-state index in [9.17, 15) is 0 Å². The molecule has 5 heteroatoms. The summed E-state index contributed by atoms with van der Waals surface area (Å²) in [6, 6.07) is 9.78. The van der Waals surface area contributed by atoms with Crippen molar-refractivity contribution in [1.82, 2.24) is 9.97 Å². The van der Waals surface area contributed by atoms with E-state index in [-0.39, 0.29) is 6.10 Å². The van der Waals surface area contributed by atoms with Crippen LogP contribution in [0.15, 0.2) is 36.7 Å². The Labute approximate surface area is 138 Å². The van der Waals surface area contributed by atoms with Gasteiger partial charge in [0.1, 0.15) is 23.7 Å². The smallest absolute Gasteiger partial charge is 0.143 e. The molecular weight excluding hydrogens is 288 g/mol. The second kappa shape index (κ2) is 8.98. The number of unbranched alkanes of at least 4 members (excludes halogenated alkanes) is 2. The van der Waals surface area contributed by atoms with E-state index in [1.54, 1.807) is 6.33 Å². The lowest BCUT2D eigenvalue weighted by Gasteiger charge is -2.15. The van der Waals surface area contributed by atoms with Gasteiger partial charge in [-0.15, -0.1) is 0 Å². The topological polar surface area (TPSA) is 59.1 Å². The maximum absolute atomic E-state index is 5.82. The van der Waals surface area contributed by atoms with Gasteiger partial charge in [0.2, 0.25) is 0 Å².